The van der Waals surface area contributed by atoms with Gasteiger partial charge in [-0.3, -0.25) is 19.7 Å². The molecule has 0 saturated heterocycles. The smallest absolute Gasteiger partial charge is 0.311 e. The van der Waals surface area contributed by atoms with Gasteiger partial charge in [-0.25, -0.2) is 0 Å². The quantitative estimate of drug-likeness (QED) is 0.156. The summed E-state index contributed by atoms with van der Waals surface area (Å²) in [5, 5.41) is 11.2. The van der Waals surface area contributed by atoms with E-state index in [1.807, 2.05) is 30.3 Å². The fraction of sp³-hybridized carbons (Fsp3) is 0.125. The molecule has 0 aliphatic rings. The first-order valence-corrected chi connectivity index (χ1v) is 9.45. The number of nitrogens with zero attached hydrogens (tertiary/aromatic N) is 1. The van der Waals surface area contributed by atoms with Crippen molar-refractivity contribution in [3.8, 4) is 5.75 Å². The second-order valence-corrected chi connectivity index (χ2v) is 7.56. The number of halogens is 3. The van der Waals surface area contributed by atoms with Gasteiger partial charge in [0.2, 0.25) is 0 Å². The van der Waals surface area contributed by atoms with Crippen LogP contribution >= 0.6 is 47.8 Å². The highest BCUT2D eigenvalue weighted by Gasteiger charge is 2.18. The molecule has 0 heterocycles. The highest BCUT2D eigenvalue weighted by molar-refractivity contribution is 9.39. The van der Waals surface area contributed by atoms with Gasteiger partial charge in [-0.1, -0.05) is 46.3 Å². The third-order valence-electron chi connectivity index (χ3n) is 2.84. The van der Waals surface area contributed by atoms with Gasteiger partial charge in [-0.05, 0) is 17.7 Å². The van der Waals surface area contributed by atoms with Crippen LogP contribution in [0.5, 0.6) is 5.75 Å². The molecule has 0 bridgehead atoms. The summed E-state index contributed by atoms with van der Waals surface area (Å²) in [6.45, 7) is 0.230. The fourth-order valence-corrected chi connectivity index (χ4v) is 2.09. The van der Waals surface area contributed by atoms with E-state index in [4.69, 9.17) is 4.74 Å². The highest BCUT2D eigenvalue weighted by atomic mass is 79.9. The molecule has 0 aliphatic carbocycles. The van der Waals surface area contributed by atoms with Crippen LogP contribution in [0.25, 0.3) is 0 Å². The van der Waals surface area contributed by atoms with Crippen LogP contribution in [0.15, 0.2) is 48.5 Å². The topological polar surface area (TPSA) is 86.5 Å². The number of ketones is 1. The Labute approximate surface area is 169 Å². The van der Waals surface area contributed by atoms with E-state index >= 15 is 0 Å². The van der Waals surface area contributed by atoms with Gasteiger partial charge in [0.15, 0.2) is 11.5 Å². The van der Waals surface area contributed by atoms with Crippen LogP contribution in [0.1, 0.15) is 15.9 Å². The Morgan fingerprint density at radius 3 is 2.20 bits per heavy atom. The molecule has 2 aromatic rings. The molecule has 0 aliphatic heterocycles. The zero-order valence-electron chi connectivity index (χ0n) is 12.7. The maximum atomic E-state index is 11.6. The summed E-state index contributed by atoms with van der Waals surface area (Å²) in [5.41, 5.74) is 0.982. The molecule has 0 unspecified atom stereocenters. The van der Waals surface area contributed by atoms with Crippen molar-refractivity contribution in [3.05, 3.63) is 69.8 Å². The molecule has 0 N–H and O–H groups in total. The maximum absolute atomic E-state index is 11.6. The minimum Gasteiger partial charge on any atom is -0.482 e. The molecule has 2 rings (SSSR count). The van der Waals surface area contributed by atoms with Crippen molar-refractivity contribution < 1.29 is 19.2 Å². The molecule has 0 spiro atoms. The largest absolute Gasteiger partial charge is 0.482 e. The van der Waals surface area contributed by atoms with Crippen molar-refractivity contribution in [1.82, 2.24) is 0 Å². The van der Waals surface area contributed by atoms with Gasteiger partial charge in [-0.2, -0.15) is 0 Å². The predicted octanol–water partition coefficient (Wildman–Crippen LogP) is 5.65. The Balaban J connectivity index is 0.000000705. The van der Waals surface area contributed by atoms with Crippen molar-refractivity contribution in [3.63, 3.8) is 0 Å². The van der Waals surface area contributed by atoms with E-state index in [0.717, 1.165) is 5.56 Å². The molecule has 0 saturated carbocycles. The van der Waals surface area contributed by atoms with Crippen LogP contribution in [0, 0.1) is 10.1 Å². The zero-order valence-corrected chi connectivity index (χ0v) is 17.4. The van der Waals surface area contributed by atoms with Crippen molar-refractivity contribution in [2.75, 3.05) is 5.33 Å². The Morgan fingerprint density at radius 2 is 1.68 bits per heavy atom. The number of hydrogen-bond donors (Lipinski definition) is 0. The van der Waals surface area contributed by atoms with E-state index in [1.54, 1.807) is 0 Å². The molecule has 25 heavy (non-hydrogen) atoms. The van der Waals surface area contributed by atoms with Crippen LogP contribution in [-0.2, 0) is 6.61 Å². The van der Waals surface area contributed by atoms with E-state index in [-0.39, 0.29) is 38.3 Å². The van der Waals surface area contributed by atoms with Crippen LogP contribution in [-0.4, -0.2) is 19.6 Å². The zero-order chi connectivity index (χ0) is 18.8. The molecular weight excluding hydrogens is 526 g/mol. The van der Waals surface area contributed by atoms with Crippen LogP contribution in [0.2, 0.25) is 0 Å². The van der Waals surface area contributed by atoms with E-state index in [9.17, 15) is 19.7 Å². The number of nitro groups is 1. The van der Waals surface area contributed by atoms with E-state index < -0.39 is 4.92 Å². The van der Waals surface area contributed by atoms with Gasteiger partial charge in [0.1, 0.15) is 6.61 Å². The number of carbonyl (C=O) groups is 2. The second-order valence-electron chi connectivity index (χ2n) is 4.50. The Kier molecular flexibility index (Phi) is 9.54. The molecule has 0 aromatic heterocycles. The van der Waals surface area contributed by atoms with E-state index in [0.29, 0.717) is 0 Å². The number of ether oxygens (including phenoxy) is 1. The van der Waals surface area contributed by atoms with Crippen LogP contribution in [0.3, 0.4) is 0 Å². The minimum atomic E-state index is -0.550. The first-order chi connectivity index (χ1) is 11.8. The number of nitro benzene ring substituents is 1. The Hall–Kier alpha value is -1.58. The number of hydrogen-bond acceptors (Lipinski definition) is 5. The minimum absolute atomic E-state index is 0.119. The van der Waals surface area contributed by atoms with Gasteiger partial charge >= 0.3 is 5.69 Å². The van der Waals surface area contributed by atoms with Gasteiger partial charge in [0, 0.05) is 43.5 Å². The normalized spacial score (nSPS) is 9.56. The summed E-state index contributed by atoms with van der Waals surface area (Å²) >= 11 is 8.14. The number of alkyl halides is 1. The second kappa shape index (κ2) is 11.1. The molecule has 132 valence electrons. The summed E-state index contributed by atoms with van der Waals surface area (Å²) in [5.74, 6) is -0.0670. The number of carbonyl (C=O) groups excluding carboxylic acids is 2. The van der Waals surface area contributed by atoms with Gasteiger partial charge in [0.25, 0.3) is 3.60 Å². The lowest BCUT2D eigenvalue weighted by Gasteiger charge is -2.08. The number of benzene rings is 2. The van der Waals surface area contributed by atoms with Crippen LogP contribution < -0.4 is 4.74 Å². The van der Waals surface area contributed by atoms with Gasteiger partial charge < -0.3 is 4.74 Å². The summed E-state index contributed by atoms with van der Waals surface area (Å²) in [4.78, 5) is 31.4. The molecule has 0 amide bonds. The average molecular weight is 538 g/mol. The summed E-state index contributed by atoms with van der Waals surface area (Å²) in [7, 11) is 0. The van der Waals surface area contributed by atoms with Crippen molar-refractivity contribution >= 4 is 62.9 Å². The standard InChI is InChI=1S/C15H12BrNO4.CBr2O/c16-9-14(18)12-6-7-15(13(8-12)17(19)20)21-10-11-4-2-1-3-5-11;2-1(3)4/h1-8H,9-10H2;. The first kappa shape index (κ1) is 21.5. The third kappa shape index (κ3) is 7.89. The molecule has 9 heteroatoms. The summed E-state index contributed by atoms with van der Waals surface area (Å²) in [6, 6.07) is 13.6. The Morgan fingerprint density at radius 1 is 1.08 bits per heavy atom. The van der Waals surface area contributed by atoms with Gasteiger partial charge in [0.05, 0.1) is 10.3 Å². The van der Waals surface area contributed by atoms with Crippen molar-refractivity contribution in [2.24, 2.45) is 0 Å². The fourth-order valence-electron chi connectivity index (χ4n) is 1.77. The lowest BCUT2D eigenvalue weighted by Crippen LogP contribution is -2.03. The summed E-state index contributed by atoms with van der Waals surface area (Å²) < 4.78 is 5.28. The lowest BCUT2D eigenvalue weighted by atomic mass is 10.1. The Bertz CT molecular complexity index is 749. The number of rotatable bonds is 6. The first-order valence-electron chi connectivity index (χ1n) is 6.74. The highest BCUT2D eigenvalue weighted by Crippen LogP contribution is 2.29. The van der Waals surface area contributed by atoms with E-state index in [2.05, 4.69) is 47.8 Å². The molecule has 0 atom stereocenters. The average Bonchev–Trinajstić information content (AvgIpc) is 2.59. The molecule has 6 nitrogen and oxygen atoms in total. The van der Waals surface area contributed by atoms with E-state index in [1.165, 1.54) is 18.2 Å². The predicted molar refractivity (Wildman–Crippen MR) is 105 cm³/mol. The SMILES string of the molecule is O=C(Br)Br.O=C(CBr)c1ccc(OCc2ccccc2)c([N+](=O)[O-])c1. The number of Topliss-reactive ketones (excluding diaryl/α,β-unsaturated/α-hetero) is 1. The van der Waals surface area contributed by atoms with Crippen molar-refractivity contribution in [2.45, 2.75) is 6.61 Å². The van der Waals surface area contributed by atoms with Crippen molar-refractivity contribution in [1.29, 1.82) is 0 Å². The van der Waals surface area contributed by atoms with Gasteiger partial charge in [-0.15, -0.1) is 0 Å². The molecule has 0 fully saturated rings. The van der Waals surface area contributed by atoms with Crippen LogP contribution in [0.4, 0.5) is 10.5 Å². The monoisotopic (exact) mass is 535 g/mol. The molecule has 0 radical (unpaired) electrons. The lowest BCUT2D eigenvalue weighted by molar-refractivity contribution is -0.386. The molecule has 2 aromatic carbocycles. The molecular formula is C16H12Br3NO5. The third-order valence-corrected chi connectivity index (χ3v) is 3.35. The summed E-state index contributed by atoms with van der Waals surface area (Å²) in [6.07, 6.45) is 0. The maximum Gasteiger partial charge on any atom is 0.311 e.